The second-order valence-electron chi connectivity index (χ2n) is 6.77. The van der Waals surface area contributed by atoms with E-state index in [9.17, 15) is 9.59 Å². The molecule has 2 aliphatic rings. The van der Waals surface area contributed by atoms with Crippen LogP contribution in [-0.2, 0) is 4.79 Å². The number of benzene rings is 1. The van der Waals surface area contributed by atoms with Crippen LogP contribution in [0, 0.1) is 11.8 Å². The zero-order chi connectivity index (χ0) is 17.6. The van der Waals surface area contributed by atoms with Crippen molar-refractivity contribution in [2.75, 3.05) is 39.3 Å². The van der Waals surface area contributed by atoms with Gasteiger partial charge in [-0.25, -0.2) is 0 Å². The fraction of sp³-hybridized carbons (Fsp3) is 0.579. The van der Waals surface area contributed by atoms with E-state index >= 15 is 0 Å². The molecule has 7 heteroatoms. The topological polar surface area (TPSA) is 70.7 Å². The zero-order valence-electron chi connectivity index (χ0n) is 15.2. The van der Waals surface area contributed by atoms with Crippen molar-refractivity contribution in [3.05, 3.63) is 29.8 Å². The van der Waals surface area contributed by atoms with Crippen molar-refractivity contribution >= 4 is 24.2 Å². The summed E-state index contributed by atoms with van der Waals surface area (Å²) in [6.45, 7) is 6.73. The molecule has 3 rings (SSSR count). The number of rotatable bonds is 7. The van der Waals surface area contributed by atoms with Crippen molar-refractivity contribution < 1.29 is 14.3 Å². The molecule has 0 aromatic heterocycles. The number of nitrogens with one attached hydrogen (secondary N) is 2. The third kappa shape index (κ3) is 4.89. The van der Waals surface area contributed by atoms with Gasteiger partial charge in [-0.1, -0.05) is 12.1 Å². The summed E-state index contributed by atoms with van der Waals surface area (Å²) in [7, 11) is 0. The molecule has 1 aromatic carbocycles. The van der Waals surface area contributed by atoms with E-state index in [1.165, 1.54) is 0 Å². The largest absolute Gasteiger partial charge is 0.493 e. The van der Waals surface area contributed by atoms with Crippen LogP contribution in [0.25, 0.3) is 0 Å². The highest BCUT2D eigenvalue weighted by Crippen LogP contribution is 2.26. The third-order valence-electron chi connectivity index (χ3n) is 5.03. The number of hydrogen-bond acceptors (Lipinski definition) is 4. The molecule has 0 saturated carbocycles. The molecule has 1 aromatic rings. The van der Waals surface area contributed by atoms with E-state index in [1.807, 2.05) is 24.0 Å². The standard InChI is InChI=1S/C19H27N3O3.ClH/c1-2-25-17-7-4-3-6-16(17)19(24)21-9-5-8-18(23)22-12-14-10-20-11-15(14)13-22;/h3-4,6-7,14-15,20H,2,5,8-13H2,1H3,(H,21,24);1H/t14-,15+;. The Bertz CT molecular complexity index is 614. The van der Waals surface area contributed by atoms with E-state index in [0.717, 1.165) is 26.2 Å². The van der Waals surface area contributed by atoms with Crippen LogP contribution in [0.15, 0.2) is 24.3 Å². The summed E-state index contributed by atoms with van der Waals surface area (Å²) in [5, 5.41) is 6.27. The van der Waals surface area contributed by atoms with Crippen molar-refractivity contribution in [1.82, 2.24) is 15.5 Å². The molecule has 26 heavy (non-hydrogen) atoms. The Morgan fingerprint density at radius 3 is 2.62 bits per heavy atom. The number of carbonyl (C=O) groups is 2. The monoisotopic (exact) mass is 381 g/mol. The van der Waals surface area contributed by atoms with Gasteiger partial charge in [-0.05, 0) is 37.3 Å². The maximum absolute atomic E-state index is 12.3. The van der Waals surface area contributed by atoms with Gasteiger partial charge in [0.05, 0.1) is 12.2 Å². The number of para-hydroxylation sites is 1. The lowest BCUT2D eigenvalue weighted by Crippen LogP contribution is -2.32. The predicted molar refractivity (Wildman–Crippen MR) is 103 cm³/mol. The van der Waals surface area contributed by atoms with E-state index in [-0.39, 0.29) is 24.2 Å². The Morgan fingerprint density at radius 1 is 1.23 bits per heavy atom. The third-order valence-corrected chi connectivity index (χ3v) is 5.03. The van der Waals surface area contributed by atoms with E-state index in [1.54, 1.807) is 12.1 Å². The van der Waals surface area contributed by atoms with Gasteiger partial charge in [-0.15, -0.1) is 12.4 Å². The number of likely N-dealkylation sites (tertiary alicyclic amines) is 1. The van der Waals surface area contributed by atoms with Gasteiger partial charge in [0.25, 0.3) is 5.91 Å². The number of fused-ring (bicyclic) bond motifs is 1. The molecule has 0 unspecified atom stereocenters. The summed E-state index contributed by atoms with van der Waals surface area (Å²) in [6, 6.07) is 7.21. The van der Waals surface area contributed by atoms with Crippen molar-refractivity contribution in [3.8, 4) is 5.75 Å². The fourth-order valence-electron chi connectivity index (χ4n) is 3.69. The van der Waals surface area contributed by atoms with Crippen LogP contribution in [-0.4, -0.2) is 56.0 Å². The molecule has 0 aliphatic carbocycles. The van der Waals surface area contributed by atoms with Crippen molar-refractivity contribution in [1.29, 1.82) is 0 Å². The number of ether oxygens (including phenoxy) is 1. The van der Waals surface area contributed by atoms with Gasteiger partial charge in [0, 0.05) is 39.1 Å². The van der Waals surface area contributed by atoms with Gasteiger partial charge < -0.3 is 20.3 Å². The first-order valence-electron chi connectivity index (χ1n) is 9.17. The van der Waals surface area contributed by atoms with Gasteiger partial charge in [0.15, 0.2) is 0 Å². The number of hydrogen-bond donors (Lipinski definition) is 2. The van der Waals surface area contributed by atoms with E-state index in [4.69, 9.17) is 4.74 Å². The molecule has 2 fully saturated rings. The van der Waals surface area contributed by atoms with Gasteiger partial charge in [-0.2, -0.15) is 0 Å². The SMILES string of the molecule is CCOc1ccccc1C(=O)NCCCC(=O)N1C[C@H]2CNC[C@H]2C1.Cl. The lowest BCUT2D eigenvalue weighted by atomic mass is 10.0. The summed E-state index contributed by atoms with van der Waals surface area (Å²) in [6.07, 6.45) is 1.14. The average molecular weight is 382 g/mol. The molecule has 2 N–H and O–H groups in total. The van der Waals surface area contributed by atoms with Crippen LogP contribution in [0.2, 0.25) is 0 Å². The first kappa shape index (κ1) is 20.5. The smallest absolute Gasteiger partial charge is 0.255 e. The fourth-order valence-corrected chi connectivity index (χ4v) is 3.69. The minimum absolute atomic E-state index is 0. The maximum atomic E-state index is 12.3. The molecule has 0 spiro atoms. The number of halogens is 1. The van der Waals surface area contributed by atoms with Crippen LogP contribution in [0.1, 0.15) is 30.1 Å². The van der Waals surface area contributed by atoms with Crippen molar-refractivity contribution in [2.24, 2.45) is 11.8 Å². The molecule has 2 heterocycles. The van der Waals surface area contributed by atoms with Crippen LogP contribution in [0.3, 0.4) is 0 Å². The quantitative estimate of drug-likeness (QED) is 0.705. The zero-order valence-corrected chi connectivity index (χ0v) is 16.0. The van der Waals surface area contributed by atoms with Crippen molar-refractivity contribution in [2.45, 2.75) is 19.8 Å². The lowest BCUT2D eigenvalue weighted by molar-refractivity contribution is -0.130. The Balaban J connectivity index is 0.00000243. The van der Waals surface area contributed by atoms with E-state index < -0.39 is 0 Å². The number of amides is 2. The Labute approximate surface area is 161 Å². The molecule has 2 amide bonds. The lowest BCUT2D eigenvalue weighted by Gasteiger charge is -2.17. The van der Waals surface area contributed by atoms with Crippen LogP contribution in [0.5, 0.6) is 5.75 Å². The van der Waals surface area contributed by atoms with Gasteiger partial charge >= 0.3 is 0 Å². The number of carbonyl (C=O) groups excluding carboxylic acids is 2. The van der Waals surface area contributed by atoms with Gasteiger partial charge in [-0.3, -0.25) is 9.59 Å². The van der Waals surface area contributed by atoms with Crippen LogP contribution < -0.4 is 15.4 Å². The molecule has 2 aliphatic heterocycles. The number of nitrogens with zero attached hydrogens (tertiary/aromatic N) is 1. The molecular weight excluding hydrogens is 354 g/mol. The maximum Gasteiger partial charge on any atom is 0.255 e. The second-order valence-corrected chi connectivity index (χ2v) is 6.77. The minimum atomic E-state index is -0.154. The molecule has 6 nitrogen and oxygen atoms in total. The highest BCUT2D eigenvalue weighted by Gasteiger charge is 2.37. The summed E-state index contributed by atoms with van der Waals surface area (Å²) in [5.74, 6) is 1.89. The first-order valence-corrected chi connectivity index (χ1v) is 9.17. The highest BCUT2D eigenvalue weighted by molar-refractivity contribution is 5.96. The summed E-state index contributed by atoms with van der Waals surface area (Å²) >= 11 is 0. The van der Waals surface area contributed by atoms with Gasteiger partial charge in [0.2, 0.25) is 5.91 Å². The Kier molecular flexibility index (Phi) is 7.72. The average Bonchev–Trinajstić information content (AvgIpc) is 3.21. The summed E-state index contributed by atoms with van der Waals surface area (Å²) in [4.78, 5) is 26.6. The second kappa shape index (κ2) is 9.78. The summed E-state index contributed by atoms with van der Waals surface area (Å²) in [5.41, 5.74) is 0.538. The first-order chi connectivity index (χ1) is 12.2. The molecule has 0 radical (unpaired) electrons. The predicted octanol–water partition coefficient (Wildman–Crippen LogP) is 1.69. The minimum Gasteiger partial charge on any atom is -0.493 e. The Morgan fingerprint density at radius 2 is 1.92 bits per heavy atom. The normalized spacial score (nSPS) is 21.0. The molecule has 0 bridgehead atoms. The Hall–Kier alpha value is -1.79. The molecule has 144 valence electrons. The van der Waals surface area contributed by atoms with Gasteiger partial charge in [0.1, 0.15) is 5.75 Å². The van der Waals surface area contributed by atoms with Crippen molar-refractivity contribution in [3.63, 3.8) is 0 Å². The van der Waals surface area contributed by atoms with E-state index in [0.29, 0.717) is 49.1 Å². The highest BCUT2D eigenvalue weighted by atomic mass is 35.5. The molecule has 2 atom stereocenters. The van der Waals surface area contributed by atoms with E-state index in [2.05, 4.69) is 10.6 Å². The van der Waals surface area contributed by atoms with Crippen LogP contribution in [0.4, 0.5) is 0 Å². The molecular formula is C19H28ClN3O3. The summed E-state index contributed by atoms with van der Waals surface area (Å²) < 4.78 is 5.48. The molecule has 2 saturated heterocycles. The van der Waals surface area contributed by atoms with Crippen LogP contribution >= 0.6 is 12.4 Å².